The number of aryl methyl sites for hydroxylation is 2. The fraction of sp³-hybridized carbons (Fsp3) is 0.188. The molecule has 0 saturated heterocycles. The Bertz CT molecular complexity index is 635. The standard InChI is InChI=1S/C16H14BrFO/c1-10-3-5-14(18)8-13(10)9-16(19)12-4-6-15(17)11(2)7-12/h3-8H,9H2,1-2H3. The molecule has 0 radical (unpaired) electrons. The molecule has 0 aromatic heterocycles. The van der Waals surface area contributed by atoms with Gasteiger partial charge in [-0.2, -0.15) is 0 Å². The zero-order valence-electron chi connectivity index (χ0n) is 10.8. The van der Waals surface area contributed by atoms with Crippen molar-refractivity contribution in [2.24, 2.45) is 0 Å². The van der Waals surface area contributed by atoms with E-state index in [-0.39, 0.29) is 18.0 Å². The zero-order valence-corrected chi connectivity index (χ0v) is 12.4. The molecule has 19 heavy (non-hydrogen) atoms. The van der Waals surface area contributed by atoms with Crippen molar-refractivity contribution in [3.8, 4) is 0 Å². The Balaban J connectivity index is 2.25. The third kappa shape index (κ3) is 3.29. The van der Waals surface area contributed by atoms with Gasteiger partial charge in [-0.1, -0.05) is 28.1 Å². The average Bonchev–Trinajstić information content (AvgIpc) is 2.37. The molecule has 0 N–H and O–H groups in total. The van der Waals surface area contributed by atoms with E-state index in [0.29, 0.717) is 5.56 Å². The molecule has 0 aliphatic rings. The third-order valence-corrected chi connectivity index (χ3v) is 4.03. The molecule has 2 rings (SSSR count). The Morgan fingerprint density at radius 2 is 1.84 bits per heavy atom. The highest BCUT2D eigenvalue weighted by Gasteiger charge is 2.10. The molecule has 0 unspecified atom stereocenters. The van der Waals surface area contributed by atoms with Gasteiger partial charge in [0.25, 0.3) is 0 Å². The Morgan fingerprint density at radius 3 is 2.53 bits per heavy atom. The Hall–Kier alpha value is -1.48. The van der Waals surface area contributed by atoms with Crippen LogP contribution in [0.1, 0.15) is 27.0 Å². The summed E-state index contributed by atoms with van der Waals surface area (Å²) < 4.78 is 14.2. The molecule has 1 nitrogen and oxygen atoms in total. The molecule has 2 aromatic rings. The van der Waals surface area contributed by atoms with Gasteiger partial charge in [-0.3, -0.25) is 4.79 Å². The summed E-state index contributed by atoms with van der Waals surface area (Å²) in [7, 11) is 0. The quantitative estimate of drug-likeness (QED) is 0.753. The molecule has 0 heterocycles. The number of hydrogen-bond acceptors (Lipinski definition) is 1. The zero-order chi connectivity index (χ0) is 14.0. The van der Waals surface area contributed by atoms with Crippen LogP contribution in [0.5, 0.6) is 0 Å². The number of Topliss-reactive ketones (excluding diaryl/α,β-unsaturated/α-hetero) is 1. The lowest BCUT2D eigenvalue weighted by Gasteiger charge is -2.07. The van der Waals surface area contributed by atoms with Crippen LogP contribution in [-0.4, -0.2) is 5.78 Å². The van der Waals surface area contributed by atoms with E-state index >= 15 is 0 Å². The van der Waals surface area contributed by atoms with E-state index in [1.165, 1.54) is 12.1 Å². The second kappa shape index (κ2) is 5.66. The van der Waals surface area contributed by atoms with E-state index < -0.39 is 0 Å². The first kappa shape index (κ1) is 13.9. The number of rotatable bonds is 3. The minimum atomic E-state index is -0.305. The van der Waals surface area contributed by atoms with Gasteiger partial charge in [0.1, 0.15) is 5.82 Å². The largest absolute Gasteiger partial charge is 0.294 e. The monoisotopic (exact) mass is 320 g/mol. The van der Waals surface area contributed by atoms with Crippen LogP contribution in [0, 0.1) is 19.7 Å². The Labute approximate surface area is 120 Å². The highest BCUT2D eigenvalue weighted by Crippen LogP contribution is 2.19. The fourth-order valence-corrected chi connectivity index (χ4v) is 2.17. The molecular formula is C16H14BrFO. The fourth-order valence-electron chi connectivity index (χ4n) is 1.92. The summed E-state index contributed by atoms with van der Waals surface area (Å²) in [6, 6.07) is 10.0. The van der Waals surface area contributed by atoms with Crippen LogP contribution in [0.3, 0.4) is 0 Å². The lowest BCUT2D eigenvalue weighted by Crippen LogP contribution is -2.05. The Kier molecular flexibility index (Phi) is 4.15. The average molecular weight is 321 g/mol. The summed E-state index contributed by atoms with van der Waals surface area (Å²) in [6.07, 6.45) is 0.227. The van der Waals surface area contributed by atoms with Gasteiger partial charge in [-0.15, -0.1) is 0 Å². The number of ketones is 1. The van der Waals surface area contributed by atoms with Crippen molar-refractivity contribution >= 4 is 21.7 Å². The van der Waals surface area contributed by atoms with Crippen molar-refractivity contribution in [2.75, 3.05) is 0 Å². The lowest BCUT2D eigenvalue weighted by atomic mass is 9.98. The first-order chi connectivity index (χ1) is 8.97. The van der Waals surface area contributed by atoms with Crippen LogP contribution in [0.4, 0.5) is 4.39 Å². The topological polar surface area (TPSA) is 17.1 Å². The van der Waals surface area contributed by atoms with Crippen molar-refractivity contribution in [3.05, 3.63) is 68.9 Å². The molecule has 0 bridgehead atoms. The van der Waals surface area contributed by atoms with Gasteiger partial charge in [-0.25, -0.2) is 4.39 Å². The van der Waals surface area contributed by atoms with Gasteiger partial charge in [0.05, 0.1) is 0 Å². The van der Waals surface area contributed by atoms with Gasteiger partial charge in [-0.05, 0) is 54.8 Å². The summed E-state index contributed by atoms with van der Waals surface area (Å²) in [5.74, 6) is -0.301. The van der Waals surface area contributed by atoms with E-state index in [4.69, 9.17) is 0 Å². The summed E-state index contributed by atoms with van der Waals surface area (Å²) in [5.41, 5.74) is 3.35. The van der Waals surface area contributed by atoms with Crippen molar-refractivity contribution in [3.63, 3.8) is 0 Å². The minimum Gasteiger partial charge on any atom is -0.294 e. The number of halogens is 2. The molecule has 0 spiro atoms. The van der Waals surface area contributed by atoms with Crippen molar-refractivity contribution < 1.29 is 9.18 Å². The molecule has 0 fully saturated rings. The maximum Gasteiger partial charge on any atom is 0.167 e. The first-order valence-electron chi connectivity index (χ1n) is 6.02. The summed E-state index contributed by atoms with van der Waals surface area (Å²) in [6.45, 7) is 3.82. The second-order valence-corrected chi connectivity index (χ2v) is 5.49. The van der Waals surface area contributed by atoms with Crippen LogP contribution in [-0.2, 0) is 6.42 Å². The number of benzene rings is 2. The van der Waals surface area contributed by atoms with Crippen molar-refractivity contribution in [1.82, 2.24) is 0 Å². The minimum absolute atomic E-state index is 0.00398. The van der Waals surface area contributed by atoms with E-state index in [0.717, 1.165) is 21.2 Å². The highest BCUT2D eigenvalue weighted by molar-refractivity contribution is 9.10. The molecule has 0 amide bonds. The number of carbonyl (C=O) groups excluding carboxylic acids is 1. The molecule has 98 valence electrons. The molecule has 0 saturated carbocycles. The van der Waals surface area contributed by atoms with E-state index in [1.807, 2.05) is 26.0 Å². The Morgan fingerprint density at radius 1 is 1.11 bits per heavy atom. The van der Waals surface area contributed by atoms with Crippen LogP contribution in [0.25, 0.3) is 0 Å². The summed E-state index contributed by atoms with van der Waals surface area (Å²) in [5, 5.41) is 0. The van der Waals surface area contributed by atoms with E-state index in [2.05, 4.69) is 15.9 Å². The van der Waals surface area contributed by atoms with Crippen molar-refractivity contribution in [1.29, 1.82) is 0 Å². The van der Waals surface area contributed by atoms with E-state index in [1.54, 1.807) is 12.1 Å². The highest BCUT2D eigenvalue weighted by atomic mass is 79.9. The van der Waals surface area contributed by atoms with E-state index in [9.17, 15) is 9.18 Å². The predicted molar refractivity (Wildman–Crippen MR) is 78.1 cm³/mol. The molecule has 2 aromatic carbocycles. The number of hydrogen-bond donors (Lipinski definition) is 0. The predicted octanol–water partition coefficient (Wildman–Crippen LogP) is 4.63. The maximum atomic E-state index is 13.2. The normalized spacial score (nSPS) is 10.5. The lowest BCUT2D eigenvalue weighted by molar-refractivity contribution is 0.0992. The van der Waals surface area contributed by atoms with Crippen molar-refractivity contribution in [2.45, 2.75) is 20.3 Å². The van der Waals surface area contributed by atoms with Crippen LogP contribution in [0.15, 0.2) is 40.9 Å². The van der Waals surface area contributed by atoms with Gasteiger partial charge >= 0.3 is 0 Å². The second-order valence-electron chi connectivity index (χ2n) is 4.63. The molecule has 3 heteroatoms. The molecule has 0 atom stereocenters. The smallest absolute Gasteiger partial charge is 0.167 e. The SMILES string of the molecule is Cc1cc(C(=O)Cc2cc(F)ccc2C)ccc1Br. The van der Waals surface area contributed by atoms with Crippen LogP contribution >= 0.6 is 15.9 Å². The molecule has 0 aliphatic carbocycles. The third-order valence-electron chi connectivity index (χ3n) is 3.14. The molecular weight excluding hydrogens is 307 g/mol. The summed E-state index contributed by atoms with van der Waals surface area (Å²) >= 11 is 3.41. The van der Waals surface area contributed by atoms with Gasteiger partial charge in [0.2, 0.25) is 0 Å². The van der Waals surface area contributed by atoms with Crippen LogP contribution < -0.4 is 0 Å². The van der Waals surface area contributed by atoms with Crippen LogP contribution in [0.2, 0.25) is 0 Å². The van der Waals surface area contributed by atoms with Gasteiger partial charge in [0, 0.05) is 16.5 Å². The van der Waals surface area contributed by atoms with Gasteiger partial charge < -0.3 is 0 Å². The first-order valence-corrected chi connectivity index (χ1v) is 6.81. The molecule has 0 aliphatic heterocycles. The number of carbonyl (C=O) groups is 1. The van der Waals surface area contributed by atoms with Gasteiger partial charge in [0.15, 0.2) is 5.78 Å². The summed E-state index contributed by atoms with van der Waals surface area (Å²) in [4.78, 5) is 12.2. The maximum absolute atomic E-state index is 13.2.